The van der Waals surface area contributed by atoms with E-state index in [1.807, 2.05) is 24.3 Å². The van der Waals surface area contributed by atoms with Crippen molar-refractivity contribution in [3.8, 4) is 0 Å². The van der Waals surface area contributed by atoms with Crippen LogP contribution in [0.15, 0.2) is 36.4 Å². The maximum absolute atomic E-state index is 4.68. The van der Waals surface area contributed by atoms with E-state index in [1.165, 1.54) is 5.56 Å². The minimum absolute atomic E-state index is 0.888. The molecule has 0 aliphatic rings. The van der Waals surface area contributed by atoms with Gasteiger partial charge in [-0.3, -0.25) is 0 Å². The second-order valence-corrected chi connectivity index (χ2v) is 2.25. The van der Waals surface area contributed by atoms with Crippen LogP contribution in [0.4, 0.5) is 0 Å². The summed E-state index contributed by atoms with van der Waals surface area (Å²) in [4.78, 5) is 0. The van der Waals surface area contributed by atoms with Crippen molar-refractivity contribution in [1.82, 2.24) is 0 Å². The van der Waals surface area contributed by atoms with Gasteiger partial charge in [-0.15, -0.1) is 0 Å². The zero-order valence-corrected chi connectivity index (χ0v) is 6.41. The average molecular weight is 180 g/mol. The SMILES string of the molecule is [Cu]=[C]=CCc1ccccc1. The van der Waals surface area contributed by atoms with Crippen LogP contribution in [0.2, 0.25) is 0 Å². The molecule has 55 valence electrons. The van der Waals surface area contributed by atoms with Crippen LogP contribution >= 0.6 is 0 Å². The Morgan fingerprint density at radius 2 is 2.00 bits per heavy atom. The molecule has 1 aromatic carbocycles. The molecular formula is C9H8Cu. The van der Waals surface area contributed by atoms with E-state index in [0.717, 1.165) is 6.42 Å². The van der Waals surface area contributed by atoms with Crippen molar-refractivity contribution < 1.29 is 15.6 Å². The van der Waals surface area contributed by atoms with Crippen LogP contribution in [0, 0.1) is 0 Å². The maximum atomic E-state index is 4.68. The van der Waals surface area contributed by atoms with Crippen LogP contribution in [0.25, 0.3) is 0 Å². The van der Waals surface area contributed by atoms with Gasteiger partial charge in [0.25, 0.3) is 0 Å². The topological polar surface area (TPSA) is 0 Å². The Bertz CT molecular complexity index is 232. The van der Waals surface area contributed by atoms with Crippen molar-refractivity contribution >= 4 is 4.58 Å². The number of allylic oxidation sites excluding steroid dienone is 1. The molecule has 0 saturated carbocycles. The summed E-state index contributed by atoms with van der Waals surface area (Å²) < 4.78 is 2.55. The fourth-order valence-corrected chi connectivity index (χ4v) is 0.859. The molecule has 0 aliphatic heterocycles. The van der Waals surface area contributed by atoms with Crippen LogP contribution in [0.1, 0.15) is 5.56 Å². The second kappa shape index (κ2) is 4.24. The van der Waals surface area contributed by atoms with Gasteiger partial charge >= 0.3 is 68.5 Å². The van der Waals surface area contributed by atoms with E-state index in [9.17, 15) is 0 Å². The molecule has 10 heavy (non-hydrogen) atoms. The normalized spacial score (nSPS) is 8.60. The van der Waals surface area contributed by atoms with E-state index in [0.29, 0.717) is 0 Å². The van der Waals surface area contributed by atoms with Crippen molar-refractivity contribution in [3.05, 3.63) is 42.0 Å². The van der Waals surface area contributed by atoms with Gasteiger partial charge in [0, 0.05) is 0 Å². The van der Waals surface area contributed by atoms with Gasteiger partial charge in [0.2, 0.25) is 0 Å². The number of hydrogen-bond acceptors (Lipinski definition) is 0. The van der Waals surface area contributed by atoms with E-state index in [2.05, 4.69) is 32.3 Å². The van der Waals surface area contributed by atoms with Gasteiger partial charge in [0.15, 0.2) is 0 Å². The molecule has 0 N–H and O–H groups in total. The van der Waals surface area contributed by atoms with E-state index in [-0.39, 0.29) is 0 Å². The third-order valence-electron chi connectivity index (χ3n) is 1.24. The molecule has 1 heteroatoms. The molecule has 0 bridgehead atoms. The predicted molar refractivity (Wildman–Crippen MR) is 39.7 cm³/mol. The molecule has 0 aliphatic carbocycles. The molecule has 0 unspecified atom stereocenters. The molecule has 0 nitrogen and oxygen atoms in total. The third-order valence-corrected chi connectivity index (χ3v) is 1.43. The monoisotopic (exact) mass is 179 g/mol. The van der Waals surface area contributed by atoms with Gasteiger partial charge < -0.3 is 0 Å². The summed E-state index contributed by atoms with van der Waals surface area (Å²) in [5.74, 6) is 0. The van der Waals surface area contributed by atoms with Crippen LogP contribution in [-0.4, -0.2) is 4.58 Å². The standard InChI is InChI=1S/C9H8.Cu/c1-2-6-9-7-4-3-5-8-9;/h2-5,7-8H,6H2;. The molecule has 0 aromatic heterocycles. The predicted octanol–water partition coefficient (Wildman–Crippen LogP) is 1.73. The molecule has 0 spiro atoms. The molecule has 0 saturated heterocycles. The first-order valence-electron chi connectivity index (χ1n) is 3.11. The fourth-order valence-electron chi connectivity index (χ4n) is 0.763. The molecule has 0 radical (unpaired) electrons. The van der Waals surface area contributed by atoms with E-state index >= 15 is 0 Å². The van der Waals surface area contributed by atoms with Gasteiger partial charge in [-0.2, -0.15) is 0 Å². The minimum atomic E-state index is 0.888. The Morgan fingerprint density at radius 3 is 2.60 bits per heavy atom. The first kappa shape index (κ1) is 7.50. The Morgan fingerprint density at radius 1 is 1.30 bits per heavy atom. The van der Waals surface area contributed by atoms with E-state index < -0.39 is 0 Å². The number of rotatable bonds is 2. The Balaban J connectivity index is 2.67. The Labute approximate surface area is 68.9 Å². The zero-order valence-electron chi connectivity index (χ0n) is 5.47. The van der Waals surface area contributed by atoms with Gasteiger partial charge in [0.1, 0.15) is 0 Å². The Kier molecular flexibility index (Phi) is 3.18. The second-order valence-electron chi connectivity index (χ2n) is 1.98. The summed E-state index contributed by atoms with van der Waals surface area (Å²) in [5, 5.41) is 0. The van der Waals surface area contributed by atoms with E-state index in [4.69, 9.17) is 0 Å². The molecule has 0 atom stereocenters. The summed E-state index contributed by atoms with van der Waals surface area (Å²) in [6, 6.07) is 10.2. The quantitative estimate of drug-likeness (QED) is 0.607. The van der Waals surface area contributed by atoms with Gasteiger partial charge in [-0.05, 0) is 0 Å². The first-order valence-corrected chi connectivity index (χ1v) is 3.58. The van der Waals surface area contributed by atoms with Crippen LogP contribution < -0.4 is 0 Å². The van der Waals surface area contributed by atoms with Crippen LogP contribution in [0.5, 0.6) is 0 Å². The molecule has 0 heterocycles. The van der Waals surface area contributed by atoms with Crippen molar-refractivity contribution in [2.45, 2.75) is 6.42 Å². The fraction of sp³-hybridized carbons (Fsp3) is 0.111. The Hall–Kier alpha value is -0.611. The molecule has 1 aromatic rings. The number of benzene rings is 1. The zero-order chi connectivity index (χ0) is 7.23. The summed E-state index contributed by atoms with van der Waals surface area (Å²) in [5.41, 5.74) is 1.27. The first-order chi connectivity index (χ1) is 4.93. The molecular weight excluding hydrogens is 172 g/mol. The van der Waals surface area contributed by atoms with Crippen molar-refractivity contribution in [3.63, 3.8) is 0 Å². The van der Waals surface area contributed by atoms with E-state index in [1.54, 1.807) is 0 Å². The molecule has 0 amide bonds. The van der Waals surface area contributed by atoms with Gasteiger partial charge in [-0.1, -0.05) is 0 Å². The van der Waals surface area contributed by atoms with Crippen LogP contribution in [0.3, 0.4) is 0 Å². The van der Waals surface area contributed by atoms with Gasteiger partial charge in [0.05, 0.1) is 0 Å². The summed E-state index contributed by atoms with van der Waals surface area (Å²) >= 11 is 4.68. The van der Waals surface area contributed by atoms with Crippen molar-refractivity contribution in [2.75, 3.05) is 0 Å². The molecule has 0 fully saturated rings. The van der Waals surface area contributed by atoms with Gasteiger partial charge in [-0.25, -0.2) is 0 Å². The summed E-state index contributed by atoms with van der Waals surface area (Å²) in [7, 11) is 0. The van der Waals surface area contributed by atoms with Crippen molar-refractivity contribution in [2.24, 2.45) is 0 Å². The average Bonchev–Trinajstić information content (AvgIpc) is 2.03. The van der Waals surface area contributed by atoms with Crippen molar-refractivity contribution in [1.29, 1.82) is 0 Å². The molecule has 1 rings (SSSR count). The summed E-state index contributed by atoms with van der Waals surface area (Å²) in [6.07, 6.45) is 2.73. The van der Waals surface area contributed by atoms with Crippen LogP contribution in [-0.2, 0) is 22.0 Å². The number of hydrogen-bond donors (Lipinski definition) is 0. The summed E-state index contributed by atoms with van der Waals surface area (Å²) in [6.45, 7) is 0. The third kappa shape index (κ3) is 2.33.